The van der Waals surface area contributed by atoms with E-state index in [4.69, 9.17) is 0 Å². The van der Waals surface area contributed by atoms with Gasteiger partial charge < -0.3 is 15.5 Å². The number of rotatable bonds is 5. The molecule has 0 amide bonds. The van der Waals surface area contributed by atoms with Gasteiger partial charge in [0.2, 0.25) is 0 Å². The highest BCUT2D eigenvalue weighted by Gasteiger charge is 2.15. The highest BCUT2D eigenvalue weighted by atomic mass is 19.1. The Morgan fingerprint density at radius 2 is 1.85 bits per heavy atom. The molecule has 0 aromatic heterocycles. The highest BCUT2D eigenvalue weighted by Crippen LogP contribution is 2.18. The fraction of sp³-hybridized carbons (Fsp3) is 0.250. The minimum absolute atomic E-state index is 0.192. The van der Waals surface area contributed by atoms with Crippen LogP contribution in [-0.2, 0) is 6.54 Å². The van der Waals surface area contributed by atoms with Crippen LogP contribution in [0.4, 0.5) is 4.39 Å². The average molecular weight is 275 g/mol. The van der Waals surface area contributed by atoms with Crippen LogP contribution in [0.25, 0.3) is 0 Å². The second kappa shape index (κ2) is 6.50. The van der Waals surface area contributed by atoms with Crippen LogP contribution in [0.1, 0.15) is 24.2 Å². The van der Waals surface area contributed by atoms with Crippen molar-refractivity contribution in [1.82, 2.24) is 5.32 Å². The van der Waals surface area contributed by atoms with Crippen LogP contribution in [0.5, 0.6) is 5.75 Å². The summed E-state index contributed by atoms with van der Waals surface area (Å²) in [5.74, 6) is -0.0997. The Labute approximate surface area is 117 Å². The summed E-state index contributed by atoms with van der Waals surface area (Å²) in [5, 5.41) is 22.7. The van der Waals surface area contributed by atoms with Crippen molar-refractivity contribution in [1.29, 1.82) is 0 Å². The molecule has 2 atom stereocenters. The Kier molecular flexibility index (Phi) is 4.71. The number of phenols is 1. The summed E-state index contributed by atoms with van der Waals surface area (Å²) in [6, 6.07) is 12.6. The summed E-state index contributed by atoms with van der Waals surface area (Å²) in [4.78, 5) is 0. The number of phenolic OH excluding ortho intramolecular Hbond substituents is 1. The van der Waals surface area contributed by atoms with Gasteiger partial charge in [-0.2, -0.15) is 0 Å². The van der Waals surface area contributed by atoms with Crippen molar-refractivity contribution in [3.8, 4) is 5.75 Å². The van der Waals surface area contributed by atoms with Gasteiger partial charge >= 0.3 is 0 Å². The minimum atomic E-state index is -0.715. The molecule has 3 N–H and O–H groups in total. The first kappa shape index (κ1) is 14.5. The molecule has 0 saturated carbocycles. The fourth-order valence-corrected chi connectivity index (χ4v) is 2.01. The first-order valence-electron chi connectivity index (χ1n) is 6.51. The number of benzene rings is 2. The van der Waals surface area contributed by atoms with Crippen molar-refractivity contribution in [3.63, 3.8) is 0 Å². The van der Waals surface area contributed by atoms with Crippen LogP contribution in [0.3, 0.4) is 0 Å². The van der Waals surface area contributed by atoms with E-state index in [-0.39, 0.29) is 17.6 Å². The van der Waals surface area contributed by atoms with Crippen LogP contribution >= 0.6 is 0 Å². The SMILES string of the molecule is CC(NCc1cccc(O)c1)C(O)c1ccc(F)cc1. The zero-order valence-corrected chi connectivity index (χ0v) is 11.3. The summed E-state index contributed by atoms with van der Waals surface area (Å²) in [6.45, 7) is 2.39. The van der Waals surface area contributed by atoms with E-state index in [1.165, 1.54) is 12.1 Å². The summed E-state index contributed by atoms with van der Waals surface area (Å²) >= 11 is 0. The smallest absolute Gasteiger partial charge is 0.123 e. The Balaban J connectivity index is 1.94. The summed E-state index contributed by atoms with van der Waals surface area (Å²) in [7, 11) is 0. The fourth-order valence-electron chi connectivity index (χ4n) is 2.01. The lowest BCUT2D eigenvalue weighted by Crippen LogP contribution is -2.31. The molecule has 0 radical (unpaired) electrons. The Morgan fingerprint density at radius 3 is 2.50 bits per heavy atom. The lowest BCUT2D eigenvalue weighted by Gasteiger charge is -2.20. The standard InChI is InChI=1S/C16H18FNO2/c1-11(16(20)13-5-7-14(17)8-6-13)18-10-12-3-2-4-15(19)9-12/h2-9,11,16,18-20H,10H2,1H3. The van der Waals surface area contributed by atoms with Gasteiger partial charge in [0.05, 0.1) is 6.10 Å². The van der Waals surface area contributed by atoms with E-state index in [9.17, 15) is 14.6 Å². The number of hydrogen-bond donors (Lipinski definition) is 3. The summed E-state index contributed by atoms with van der Waals surface area (Å²) in [6.07, 6.45) is -0.715. The molecule has 0 aliphatic rings. The van der Waals surface area contributed by atoms with Crippen LogP contribution in [0.2, 0.25) is 0 Å². The number of aliphatic hydroxyl groups excluding tert-OH is 1. The van der Waals surface area contributed by atoms with Gasteiger partial charge in [0.25, 0.3) is 0 Å². The zero-order chi connectivity index (χ0) is 14.5. The summed E-state index contributed by atoms with van der Waals surface area (Å²) in [5.41, 5.74) is 1.60. The van der Waals surface area contributed by atoms with E-state index in [1.54, 1.807) is 30.3 Å². The third-order valence-electron chi connectivity index (χ3n) is 3.22. The molecule has 0 saturated heterocycles. The topological polar surface area (TPSA) is 52.5 Å². The monoisotopic (exact) mass is 275 g/mol. The summed E-state index contributed by atoms with van der Waals surface area (Å²) < 4.78 is 12.8. The van der Waals surface area contributed by atoms with Gasteiger partial charge in [-0.15, -0.1) is 0 Å². The largest absolute Gasteiger partial charge is 0.508 e. The van der Waals surface area contributed by atoms with Crippen molar-refractivity contribution in [3.05, 3.63) is 65.5 Å². The molecule has 4 heteroatoms. The second-order valence-corrected chi connectivity index (χ2v) is 4.84. The normalized spacial score (nSPS) is 13.9. The van der Waals surface area contributed by atoms with Crippen molar-refractivity contribution < 1.29 is 14.6 Å². The molecule has 2 unspecified atom stereocenters. The lowest BCUT2D eigenvalue weighted by atomic mass is 10.0. The van der Waals surface area contributed by atoms with Gasteiger partial charge in [-0.3, -0.25) is 0 Å². The number of nitrogens with one attached hydrogen (secondary N) is 1. The molecule has 0 aliphatic carbocycles. The third kappa shape index (κ3) is 3.79. The molecule has 2 rings (SSSR count). The van der Waals surface area contributed by atoms with Crippen molar-refractivity contribution in [2.45, 2.75) is 25.6 Å². The maximum Gasteiger partial charge on any atom is 0.123 e. The molecule has 2 aromatic rings. The number of halogens is 1. The molecule has 0 spiro atoms. The van der Waals surface area contributed by atoms with Gasteiger partial charge in [0.15, 0.2) is 0 Å². The molecule has 0 heterocycles. The van der Waals surface area contributed by atoms with E-state index < -0.39 is 6.10 Å². The van der Waals surface area contributed by atoms with E-state index in [2.05, 4.69) is 5.32 Å². The molecule has 0 fully saturated rings. The van der Waals surface area contributed by atoms with E-state index in [0.717, 1.165) is 5.56 Å². The number of hydrogen-bond acceptors (Lipinski definition) is 3. The maximum atomic E-state index is 12.8. The van der Waals surface area contributed by atoms with Gasteiger partial charge in [-0.05, 0) is 42.3 Å². The molecule has 0 aliphatic heterocycles. The lowest BCUT2D eigenvalue weighted by molar-refractivity contribution is 0.135. The van der Waals surface area contributed by atoms with Crippen molar-refractivity contribution in [2.24, 2.45) is 0 Å². The minimum Gasteiger partial charge on any atom is -0.508 e. The molecule has 0 bridgehead atoms. The first-order chi connectivity index (χ1) is 9.56. The van der Waals surface area contributed by atoms with Crippen molar-refractivity contribution in [2.75, 3.05) is 0 Å². The predicted molar refractivity (Wildman–Crippen MR) is 75.8 cm³/mol. The number of aliphatic hydroxyl groups is 1. The average Bonchev–Trinajstić information content (AvgIpc) is 2.45. The highest BCUT2D eigenvalue weighted by molar-refractivity contribution is 5.27. The molecular weight excluding hydrogens is 257 g/mol. The first-order valence-corrected chi connectivity index (χ1v) is 6.51. The van der Waals surface area contributed by atoms with Crippen LogP contribution in [0.15, 0.2) is 48.5 Å². The zero-order valence-electron chi connectivity index (χ0n) is 11.3. The predicted octanol–water partition coefficient (Wildman–Crippen LogP) is 2.74. The molecule has 20 heavy (non-hydrogen) atoms. The maximum absolute atomic E-state index is 12.8. The second-order valence-electron chi connectivity index (χ2n) is 4.84. The van der Waals surface area contributed by atoms with Gasteiger partial charge in [0.1, 0.15) is 11.6 Å². The molecular formula is C16H18FNO2. The van der Waals surface area contributed by atoms with E-state index >= 15 is 0 Å². The van der Waals surface area contributed by atoms with Crippen LogP contribution in [0, 0.1) is 5.82 Å². The number of aromatic hydroxyl groups is 1. The van der Waals surface area contributed by atoms with E-state index in [1.807, 2.05) is 13.0 Å². The molecule has 2 aromatic carbocycles. The van der Waals surface area contributed by atoms with Gasteiger partial charge in [-0.25, -0.2) is 4.39 Å². The third-order valence-corrected chi connectivity index (χ3v) is 3.22. The van der Waals surface area contributed by atoms with Gasteiger partial charge in [0, 0.05) is 12.6 Å². The molecule has 106 valence electrons. The Morgan fingerprint density at radius 1 is 1.15 bits per heavy atom. The van der Waals surface area contributed by atoms with E-state index in [0.29, 0.717) is 12.1 Å². The quantitative estimate of drug-likeness (QED) is 0.786. The van der Waals surface area contributed by atoms with Crippen LogP contribution < -0.4 is 5.32 Å². The van der Waals surface area contributed by atoms with Crippen LogP contribution in [-0.4, -0.2) is 16.3 Å². The van der Waals surface area contributed by atoms with Gasteiger partial charge in [-0.1, -0.05) is 24.3 Å². The Bertz CT molecular complexity index is 557. The Hall–Kier alpha value is -1.91. The molecule has 3 nitrogen and oxygen atoms in total. The van der Waals surface area contributed by atoms with Crippen molar-refractivity contribution >= 4 is 0 Å².